The van der Waals surface area contributed by atoms with Crippen molar-refractivity contribution in [3.63, 3.8) is 0 Å². The van der Waals surface area contributed by atoms with Crippen LogP contribution in [0.2, 0.25) is 0 Å². The van der Waals surface area contributed by atoms with Crippen LogP contribution in [-0.4, -0.2) is 72.0 Å². The number of carbonyl (C=O) groups is 3. The molecule has 2 N–H and O–H groups in total. The zero-order valence-electron chi connectivity index (χ0n) is 25.9. The van der Waals surface area contributed by atoms with Gasteiger partial charge in [-0.1, -0.05) is 97.8 Å². The maximum atomic E-state index is 13.4. The smallest absolute Gasteiger partial charge is 0.336 e. The van der Waals surface area contributed by atoms with Crippen LogP contribution in [0.25, 0.3) is 21.5 Å². The van der Waals surface area contributed by atoms with Crippen LogP contribution in [0.1, 0.15) is 49.7 Å². The number of fused-ring (bicyclic) bond motifs is 2. The molecule has 8 nitrogen and oxygen atoms in total. The van der Waals surface area contributed by atoms with Crippen molar-refractivity contribution >= 4 is 39.4 Å². The third-order valence-electron chi connectivity index (χ3n) is 8.02. The Morgan fingerprint density at radius 3 is 1.71 bits per heavy atom. The Morgan fingerprint density at radius 1 is 0.644 bits per heavy atom. The predicted molar refractivity (Wildman–Crippen MR) is 175 cm³/mol. The molecule has 4 aromatic rings. The van der Waals surface area contributed by atoms with Crippen molar-refractivity contribution in [1.82, 2.24) is 4.90 Å². The van der Waals surface area contributed by atoms with Crippen molar-refractivity contribution < 1.29 is 34.1 Å². The molecule has 0 radical (unpaired) electrons. The number of rotatable bonds is 19. The van der Waals surface area contributed by atoms with Gasteiger partial charge in [0.05, 0.1) is 0 Å². The number of amides is 1. The van der Waals surface area contributed by atoms with Crippen LogP contribution >= 0.6 is 0 Å². The molecule has 238 valence electrons. The number of nitrogens with zero attached hydrogens (tertiary/aromatic N) is 1. The molecule has 0 bridgehead atoms. The monoisotopic (exact) mass is 613 g/mol. The van der Waals surface area contributed by atoms with E-state index in [0.717, 1.165) is 44.9 Å². The minimum Gasteiger partial charge on any atom is -0.480 e. The van der Waals surface area contributed by atoms with Gasteiger partial charge in [0.25, 0.3) is 5.91 Å². The van der Waals surface area contributed by atoms with Gasteiger partial charge in [0.1, 0.15) is 6.61 Å². The Kier molecular flexibility index (Phi) is 12.9. The zero-order chi connectivity index (χ0) is 32.0. The average molecular weight is 614 g/mol. The number of carboxylic acids is 2. The first-order valence-corrected chi connectivity index (χ1v) is 15.7. The molecule has 2 atom stereocenters. The third-order valence-corrected chi connectivity index (χ3v) is 8.02. The number of unbranched alkanes of at least 4 members (excludes halogenated alkanes) is 4. The van der Waals surface area contributed by atoms with E-state index in [4.69, 9.17) is 14.6 Å². The molecule has 0 aromatic heterocycles. The zero-order valence-corrected chi connectivity index (χ0v) is 25.9. The summed E-state index contributed by atoms with van der Waals surface area (Å²) in [5.74, 6) is -3.28. The highest BCUT2D eigenvalue weighted by Crippen LogP contribution is 2.19. The number of aliphatic carboxylic acids is 2. The van der Waals surface area contributed by atoms with Gasteiger partial charge in [-0.15, -0.1) is 0 Å². The second-order valence-corrected chi connectivity index (χ2v) is 11.5. The summed E-state index contributed by atoms with van der Waals surface area (Å²) < 4.78 is 10.9. The lowest BCUT2D eigenvalue weighted by molar-refractivity contribution is -0.175. The lowest BCUT2D eigenvalue weighted by Gasteiger charge is -2.27. The molecular formula is C37H43NO7. The fourth-order valence-electron chi connectivity index (χ4n) is 5.53. The van der Waals surface area contributed by atoms with Crippen molar-refractivity contribution in [2.24, 2.45) is 0 Å². The number of hydrogen-bond donors (Lipinski definition) is 2. The average Bonchev–Trinajstić information content (AvgIpc) is 3.04. The Morgan fingerprint density at radius 2 is 1.18 bits per heavy atom. The van der Waals surface area contributed by atoms with Crippen LogP contribution < -0.4 is 0 Å². The minimum atomic E-state index is -1.72. The van der Waals surface area contributed by atoms with Crippen LogP contribution in [0.3, 0.4) is 0 Å². The lowest BCUT2D eigenvalue weighted by atomic mass is 10.0. The molecule has 0 aliphatic carbocycles. The molecule has 45 heavy (non-hydrogen) atoms. The van der Waals surface area contributed by atoms with Crippen LogP contribution in [0.15, 0.2) is 84.9 Å². The molecule has 0 fully saturated rings. The number of hydrogen-bond acceptors (Lipinski definition) is 5. The van der Waals surface area contributed by atoms with E-state index in [0.29, 0.717) is 13.0 Å². The Bertz CT molecular complexity index is 1570. The minimum absolute atomic E-state index is 0.161. The molecule has 0 aliphatic heterocycles. The summed E-state index contributed by atoms with van der Waals surface area (Å²) in [6, 6.07) is 29.4. The van der Waals surface area contributed by atoms with E-state index in [1.165, 1.54) is 37.6 Å². The molecule has 0 saturated carbocycles. The normalized spacial score (nSPS) is 12.6. The first-order chi connectivity index (χ1) is 21.8. The molecule has 1 amide bonds. The SMILES string of the molecule is CN(CCCCCc1ccc2ccccc2c1)C(=O)C(OCCCCCc1ccc2ccccc2c1)C(OCC(=O)O)C(=O)O. The number of carbonyl (C=O) groups excluding carboxylic acids is 1. The van der Waals surface area contributed by atoms with Gasteiger partial charge < -0.3 is 24.6 Å². The van der Waals surface area contributed by atoms with Crippen LogP contribution in [0, 0.1) is 0 Å². The molecule has 8 heteroatoms. The number of benzene rings is 4. The summed E-state index contributed by atoms with van der Waals surface area (Å²) >= 11 is 0. The highest BCUT2D eigenvalue weighted by molar-refractivity contribution is 5.88. The number of aryl methyl sites for hydroxylation is 2. The van der Waals surface area contributed by atoms with Gasteiger partial charge >= 0.3 is 11.9 Å². The van der Waals surface area contributed by atoms with Gasteiger partial charge in [-0.05, 0) is 71.2 Å². The largest absolute Gasteiger partial charge is 0.480 e. The molecule has 0 heterocycles. The standard InChI is InChI=1S/C37H43NO7/c1-38(22-10-2-4-12-27-18-20-29-14-6-8-16-31(29)24-27)36(41)34(35(37(42)43)45-26-33(39)40)44-23-11-3-5-13-28-19-21-30-15-7-9-17-32(30)25-28/h6-9,14-21,24-25,34-35H,2-5,10-13,22-23,26H2,1H3,(H,39,40)(H,42,43). The Balaban J connectivity index is 1.24. The lowest BCUT2D eigenvalue weighted by Crippen LogP contribution is -2.50. The van der Waals surface area contributed by atoms with Crippen molar-refractivity contribution in [3.8, 4) is 0 Å². The molecular weight excluding hydrogens is 570 g/mol. The first-order valence-electron chi connectivity index (χ1n) is 15.7. The Hall–Kier alpha value is -4.27. The second-order valence-electron chi connectivity index (χ2n) is 11.5. The fraction of sp³-hybridized carbons (Fsp3) is 0.378. The quantitative estimate of drug-likeness (QED) is 0.116. The summed E-state index contributed by atoms with van der Waals surface area (Å²) in [6.45, 7) is -0.254. The number of carboxylic acid groups (broad SMARTS) is 2. The second kappa shape index (κ2) is 17.3. The maximum Gasteiger partial charge on any atom is 0.336 e. The van der Waals surface area contributed by atoms with E-state index < -0.39 is 36.7 Å². The van der Waals surface area contributed by atoms with E-state index in [2.05, 4.69) is 60.7 Å². The highest BCUT2D eigenvalue weighted by atomic mass is 16.6. The van der Waals surface area contributed by atoms with Gasteiger partial charge in [-0.3, -0.25) is 4.79 Å². The van der Waals surface area contributed by atoms with E-state index in [1.807, 2.05) is 24.3 Å². The van der Waals surface area contributed by atoms with Gasteiger partial charge in [0, 0.05) is 20.2 Å². The predicted octanol–water partition coefficient (Wildman–Crippen LogP) is 6.52. The van der Waals surface area contributed by atoms with Gasteiger partial charge in [0.2, 0.25) is 0 Å². The summed E-state index contributed by atoms with van der Waals surface area (Å²) in [5.41, 5.74) is 2.51. The summed E-state index contributed by atoms with van der Waals surface area (Å²) in [5, 5.41) is 23.7. The summed E-state index contributed by atoms with van der Waals surface area (Å²) in [7, 11) is 1.61. The fourth-order valence-corrected chi connectivity index (χ4v) is 5.53. The van der Waals surface area contributed by atoms with Crippen LogP contribution in [0.4, 0.5) is 0 Å². The van der Waals surface area contributed by atoms with Crippen LogP contribution in [-0.2, 0) is 36.7 Å². The summed E-state index contributed by atoms with van der Waals surface area (Å²) in [6.07, 6.45) is 3.63. The third kappa shape index (κ3) is 10.4. The van der Waals surface area contributed by atoms with E-state index >= 15 is 0 Å². The van der Waals surface area contributed by atoms with Crippen molar-refractivity contribution in [2.45, 2.75) is 63.6 Å². The molecule has 0 spiro atoms. The van der Waals surface area contributed by atoms with Crippen molar-refractivity contribution in [3.05, 3.63) is 96.1 Å². The van der Waals surface area contributed by atoms with E-state index in [9.17, 15) is 19.5 Å². The molecule has 0 saturated heterocycles. The van der Waals surface area contributed by atoms with Gasteiger partial charge in [0.15, 0.2) is 12.2 Å². The molecule has 4 rings (SSSR count). The van der Waals surface area contributed by atoms with Gasteiger partial charge in [-0.25, -0.2) is 9.59 Å². The molecule has 4 aromatic carbocycles. The highest BCUT2D eigenvalue weighted by Gasteiger charge is 2.37. The Labute approximate surface area is 264 Å². The number of ether oxygens (including phenoxy) is 2. The molecule has 0 aliphatic rings. The number of likely N-dealkylation sites (N-methyl/N-ethyl adjacent to an activating group) is 1. The first kappa shape index (κ1) is 33.6. The topological polar surface area (TPSA) is 113 Å². The van der Waals surface area contributed by atoms with Gasteiger partial charge in [-0.2, -0.15) is 0 Å². The van der Waals surface area contributed by atoms with E-state index in [-0.39, 0.29) is 6.61 Å². The summed E-state index contributed by atoms with van der Waals surface area (Å²) in [4.78, 5) is 37.9. The van der Waals surface area contributed by atoms with Crippen LogP contribution in [0.5, 0.6) is 0 Å². The molecule has 2 unspecified atom stereocenters. The van der Waals surface area contributed by atoms with Crippen molar-refractivity contribution in [2.75, 3.05) is 26.8 Å². The maximum absolute atomic E-state index is 13.4. The van der Waals surface area contributed by atoms with Crippen molar-refractivity contribution in [1.29, 1.82) is 0 Å². The van der Waals surface area contributed by atoms with E-state index in [1.54, 1.807) is 7.05 Å².